The number of methoxy groups -OCH3 is 1. The van der Waals surface area contributed by atoms with E-state index in [0.29, 0.717) is 0 Å². The maximum atomic E-state index is 12.7. The van der Waals surface area contributed by atoms with Crippen molar-refractivity contribution in [3.8, 4) is 0 Å². The van der Waals surface area contributed by atoms with Crippen molar-refractivity contribution in [2.75, 3.05) is 33.4 Å². The Morgan fingerprint density at radius 1 is 1.53 bits per heavy atom. The topological polar surface area (TPSA) is 71.1 Å². The molecular formula is C9H16F3N3O2. The number of halogens is 3. The van der Waals surface area contributed by atoms with Gasteiger partial charge in [0.1, 0.15) is 0 Å². The fourth-order valence-corrected chi connectivity index (χ4v) is 2.10. The molecule has 0 aromatic carbocycles. The summed E-state index contributed by atoms with van der Waals surface area (Å²) in [6.45, 7) is 0.169. The lowest BCUT2D eigenvalue weighted by molar-refractivity contribution is -0.183. The molecule has 1 aliphatic rings. The number of nitrogens with two attached hydrogens (primary N) is 1. The van der Waals surface area contributed by atoms with Crippen molar-refractivity contribution < 1.29 is 23.1 Å². The van der Waals surface area contributed by atoms with E-state index in [-0.39, 0.29) is 32.1 Å². The molecule has 17 heavy (non-hydrogen) atoms. The van der Waals surface area contributed by atoms with Crippen LogP contribution in [0.15, 0.2) is 5.16 Å². The summed E-state index contributed by atoms with van der Waals surface area (Å²) in [5.74, 6) is -2.12. The third kappa shape index (κ3) is 3.74. The SMILES string of the molecule is COC[C@H]1CN(CC(N)=NO)C[C@@H]1C(F)(F)F. The monoisotopic (exact) mass is 255 g/mol. The molecule has 100 valence electrons. The number of hydrogen-bond acceptors (Lipinski definition) is 4. The number of likely N-dealkylation sites (tertiary alicyclic amines) is 1. The van der Waals surface area contributed by atoms with Crippen LogP contribution in [0.2, 0.25) is 0 Å². The third-order valence-corrected chi connectivity index (χ3v) is 2.83. The molecule has 5 nitrogen and oxygen atoms in total. The molecule has 1 heterocycles. The predicted molar refractivity (Wildman–Crippen MR) is 54.8 cm³/mol. The van der Waals surface area contributed by atoms with Crippen LogP contribution < -0.4 is 5.73 Å². The normalized spacial score (nSPS) is 27.6. The van der Waals surface area contributed by atoms with E-state index >= 15 is 0 Å². The van der Waals surface area contributed by atoms with Crippen molar-refractivity contribution in [1.29, 1.82) is 0 Å². The average Bonchev–Trinajstić information content (AvgIpc) is 2.61. The van der Waals surface area contributed by atoms with Gasteiger partial charge in [0.15, 0.2) is 5.84 Å². The highest BCUT2D eigenvalue weighted by atomic mass is 19.4. The van der Waals surface area contributed by atoms with Crippen LogP contribution in [0.25, 0.3) is 0 Å². The summed E-state index contributed by atoms with van der Waals surface area (Å²) in [5, 5.41) is 11.1. The fraction of sp³-hybridized carbons (Fsp3) is 0.889. The highest BCUT2D eigenvalue weighted by Crippen LogP contribution is 2.37. The van der Waals surface area contributed by atoms with Crippen molar-refractivity contribution in [3.63, 3.8) is 0 Å². The van der Waals surface area contributed by atoms with Crippen LogP contribution in [-0.4, -0.2) is 55.5 Å². The van der Waals surface area contributed by atoms with E-state index in [9.17, 15) is 13.2 Å². The molecule has 0 aromatic rings. The van der Waals surface area contributed by atoms with Gasteiger partial charge in [0.25, 0.3) is 0 Å². The second-order valence-corrected chi connectivity index (χ2v) is 4.15. The maximum Gasteiger partial charge on any atom is 0.393 e. The van der Waals surface area contributed by atoms with E-state index in [1.165, 1.54) is 12.0 Å². The zero-order chi connectivity index (χ0) is 13.1. The van der Waals surface area contributed by atoms with E-state index in [0.717, 1.165) is 0 Å². The Hall–Kier alpha value is -1.02. The summed E-state index contributed by atoms with van der Waals surface area (Å²) >= 11 is 0. The van der Waals surface area contributed by atoms with Crippen molar-refractivity contribution in [1.82, 2.24) is 4.90 Å². The van der Waals surface area contributed by atoms with Gasteiger partial charge >= 0.3 is 6.18 Å². The van der Waals surface area contributed by atoms with Crippen LogP contribution in [0.4, 0.5) is 13.2 Å². The van der Waals surface area contributed by atoms with Gasteiger partial charge in [0.05, 0.1) is 19.1 Å². The second kappa shape index (κ2) is 5.54. The van der Waals surface area contributed by atoms with Crippen molar-refractivity contribution in [2.45, 2.75) is 6.18 Å². The molecular weight excluding hydrogens is 239 g/mol. The van der Waals surface area contributed by atoms with E-state index in [2.05, 4.69) is 5.16 Å². The molecule has 0 amide bonds. The minimum absolute atomic E-state index is 0.0310. The molecule has 8 heteroatoms. The third-order valence-electron chi connectivity index (χ3n) is 2.83. The minimum atomic E-state index is -4.25. The maximum absolute atomic E-state index is 12.7. The Balaban J connectivity index is 2.65. The largest absolute Gasteiger partial charge is 0.409 e. The minimum Gasteiger partial charge on any atom is -0.409 e. The van der Waals surface area contributed by atoms with E-state index in [1.54, 1.807) is 0 Å². The Morgan fingerprint density at radius 3 is 2.65 bits per heavy atom. The fourth-order valence-electron chi connectivity index (χ4n) is 2.10. The number of oxime groups is 1. The molecule has 0 radical (unpaired) electrons. The van der Waals surface area contributed by atoms with Gasteiger partial charge in [-0.2, -0.15) is 13.2 Å². The average molecular weight is 255 g/mol. The molecule has 2 atom stereocenters. The van der Waals surface area contributed by atoms with Crippen LogP contribution in [0.3, 0.4) is 0 Å². The first-order valence-electron chi connectivity index (χ1n) is 5.13. The molecule has 1 rings (SSSR count). The first kappa shape index (κ1) is 14.0. The summed E-state index contributed by atoms with van der Waals surface area (Å²) in [4.78, 5) is 1.51. The lowest BCUT2D eigenvalue weighted by Crippen LogP contribution is -2.34. The van der Waals surface area contributed by atoms with Gasteiger partial charge in [-0.1, -0.05) is 5.16 Å². The number of rotatable bonds is 4. The first-order valence-corrected chi connectivity index (χ1v) is 5.13. The van der Waals surface area contributed by atoms with Crippen LogP contribution in [0.5, 0.6) is 0 Å². The second-order valence-electron chi connectivity index (χ2n) is 4.15. The lowest BCUT2D eigenvalue weighted by atomic mass is 9.96. The van der Waals surface area contributed by atoms with Gasteiger partial charge in [-0.15, -0.1) is 0 Å². The number of alkyl halides is 3. The smallest absolute Gasteiger partial charge is 0.393 e. The number of hydrogen-bond donors (Lipinski definition) is 2. The summed E-state index contributed by atoms with van der Waals surface area (Å²) in [6, 6.07) is 0. The highest BCUT2D eigenvalue weighted by molar-refractivity contribution is 5.81. The predicted octanol–water partition coefficient (Wildman–Crippen LogP) is 0.490. The summed E-state index contributed by atoms with van der Waals surface area (Å²) < 4.78 is 43.0. The Bertz CT molecular complexity index is 283. The van der Waals surface area contributed by atoms with Crippen LogP contribution in [0, 0.1) is 11.8 Å². The molecule has 1 saturated heterocycles. The molecule has 0 bridgehead atoms. The highest BCUT2D eigenvalue weighted by Gasteiger charge is 2.49. The molecule has 0 aromatic heterocycles. The molecule has 0 saturated carbocycles. The zero-order valence-electron chi connectivity index (χ0n) is 9.44. The number of ether oxygens (including phenoxy) is 1. The quantitative estimate of drug-likeness (QED) is 0.332. The lowest BCUT2D eigenvalue weighted by Gasteiger charge is -2.20. The zero-order valence-corrected chi connectivity index (χ0v) is 9.44. The van der Waals surface area contributed by atoms with Crippen molar-refractivity contribution in [2.24, 2.45) is 22.7 Å². The van der Waals surface area contributed by atoms with Crippen molar-refractivity contribution >= 4 is 5.84 Å². The molecule has 0 unspecified atom stereocenters. The van der Waals surface area contributed by atoms with E-state index < -0.39 is 18.0 Å². The summed E-state index contributed by atoms with van der Waals surface area (Å²) in [6.07, 6.45) is -4.25. The molecule has 1 aliphatic heterocycles. The Labute approximate surface area is 97.0 Å². The van der Waals surface area contributed by atoms with Gasteiger partial charge in [-0.25, -0.2) is 0 Å². The molecule has 1 fully saturated rings. The Kier molecular flexibility index (Phi) is 4.58. The standard InChI is InChI=1S/C9H16F3N3O2/c1-17-5-6-2-15(4-8(13)14-16)3-7(6)9(10,11)12/h6-7,16H,2-5H2,1H3,(H2,13,14)/t6-,7+/m1/s1. The number of nitrogens with zero attached hydrogens (tertiary/aromatic N) is 2. The van der Waals surface area contributed by atoms with E-state index in [1.807, 2.05) is 0 Å². The van der Waals surface area contributed by atoms with Gasteiger partial charge in [-0.3, -0.25) is 4.90 Å². The van der Waals surface area contributed by atoms with Gasteiger partial charge < -0.3 is 15.7 Å². The van der Waals surface area contributed by atoms with Gasteiger partial charge in [0.2, 0.25) is 0 Å². The van der Waals surface area contributed by atoms with Crippen molar-refractivity contribution in [3.05, 3.63) is 0 Å². The van der Waals surface area contributed by atoms with Crippen LogP contribution >= 0.6 is 0 Å². The van der Waals surface area contributed by atoms with Crippen LogP contribution in [-0.2, 0) is 4.74 Å². The summed E-state index contributed by atoms with van der Waals surface area (Å²) in [7, 11) is 1.37. The number of amidine groups is 1. The molecule has 3 N–H and O–H groups in total. The van der Waals surface area contributed by atoms with E-state index in [4.69, 9.17) is 15.7 Å². The molecule has 0 spiro atoms. The van der Waals surface area contributed by atoms with Gasteiger partial charge in [-0.05, 0) is 0 Å². The summed E-state index contributed by atoms with van der Waals surface area (Å²) in [5.41, 5.74) is 5.27. The first-order chi connectivity index (χ1) is 7.88. The molecule has 0 aliphatic carbocycles. The van der Waals surface area contributed by atoms with Crippen LogP contribution in [0.1, 0.15) is 0 Å². The Morgan fingerprint density at radius 2 is 2.18 bits per heavy atom. The van der Waals surface area contributed by atoms with Gasteiger partial charge in [0, 0.05) is 26.1 Å².